The second kappa shape index (κ2) is 4.37. The van der Waals surface area contributed by atoms with Crippen molar-refractivity contribution in [2.45, 2.75) is 0 Å². The van der Waals surface area contributed by atoms with Gasteiger partial charge in [-0.1, -0.05) is 18.2 Å². The van der Waals surface area contributed by atoms with Gasteiger partial charge in [-0.05, 0) is 18.5 Å². The monoisotopic (exact) mass is 210 g/mol. The average Bonchev–Trinajstić information content (AvgIpc) is 2.39. The minimum atomic E-state index is 0.133. The van der Waals surface area contributed by atoms with Gasteiger partial charge in [0.2, 0.25) is 0 Å². The molecule has 1 N–H and O–H groups in total. The standard InChI is InChI=1S/C12H10N4/c13-8-12-7-11(3-6-16(12)9-14)10-1-4-15-5-2-10/h1-7,10-11,15H. The Morgan fingerprint density at radius 3 is 2.50 bits per heavy atom. The Morgan fingerprint density at radius 2 is 1.88 bits per heavy atom. The highest BCUT2D eigenvalue weighted by Crippen LogP contribution is 2.25. The van der Waals surface area contributed by atoms with E-state index < -0.39 is 0 Å². The zero-order valence-electron chi connectivity index (χ0n) is 8.54. The van der Waals surface area contributed by atoms with Crippen LogP contribution in [0.4, 0.5) is 0 Å². The minimum Gasteiger partial charge on any atom is -0.368 e. The predicted molar refractivity (Wildman–Crippen MR) is 58.7 cm³/mol. The van der Waals surface area contributed by atoms with E-state index in [9.17, 15) is 0 Å². The number of nitriles is 2. The molecule has 0 spiro atoms. The summed E-state index contributed by atoms with van der Waals surface area (Å²) in [5, 5.41) is 20.7. The van der Waals surface area contributed by atoms with Crippen molar-refractivity contribution in [1.29, 1.82) is 10.5 Å². The third-order valence-electron chi connectivity index (χ3n) is 2.56. The molecule has 1 unspecified atom stereocenters. The summed E-state index contributed by atoms with van der Waals surface area (Å²) in [6.45, 7) is 0. The van der Waals surface area contributed by atoms with Crippen molar-refractivity contribution < 1.29 is 0 Å². The zero-order valence-corrected chi connectivity index (χ0v) is 8.54. The van der Waals surface area contributed by atoms with Crippen molar-refractivity contribution in [2.24, 2.45) is 11.8 Å². The van der Waals surface area contributed by atoms with Gasteiger partial charge in [-0.25, -0.2) is 4.90 Å². The largest absolute Gasteiger partial charge is 0.368 e. The number of rotatable bonds is 1. The van der Waals surface area contributed by atoms with Gasteiger partial charge in [0.05, 0.1) is 0 Å². The highest BCUT2D eigenvalue weighted by atomic mass is 15.1. The highest BCUT2D eigenvalue weighted by molar-refractivity contribution is 5.32. The van der Waals surface area contributed by atoms with Crippen LogP contribution in [0.1, 0.15) is 0 Å². The molecule has 0 aromatic carbocycles. The van der Waals surface area contributed by atoms with Crippen LogP contribution in [0.3, 0.4) is 0 Å². The fourth-order valence-electron chi connectivity index (χ4n) is 1.71. The lowest BCUT2D eigenvalue weighted by molar-refractivity contribution is 0.578. The molecule has 4 nitrogen and oxygen atoms in total. The fraction of sp³-hybridized carbons (Fsp3) is 0.167. The van der Waals surface area contributed by atoms with Crippen LogP contribution in [-0.2, 0) is 0 Å². The Kier molecular flexibility index (Phi) is 2.75. The van der Waals surface area contributed by atoms with Crippen molar-refractivity contribution in [3.05, 3.63) is 48.6 Å². The van der Waals surface area contributed by atoms with Crippen molar-refractivity contribution in [3.8, 4) is 12.3 Å². The maximum Gasteiger partial charge on any atom is 0.189 e. The molecule has 16 heavy (non-hydrogen) atoms. The van der Waals surface area contributed by atoms with Gasteiger partial charge in [0.25, 0.3) is 0 Å². The van der Waals surface area contributed by atoms with E-state index in [1.165, 1.54) is 4.90 Å². The molecule has 78 valence electrons. The average molecular weight is 210 g/mol. The van der Waals surface area contributed by atoms with Gasteiger partial charge in [0.15, 0.2) is 6.19 Å². The molecule has 0 amide bonds. The Labute approximate surface area is 94.1 Å². The number of dihydropyridines is 1. The van der Waals surface area contributed by atoms with Crippen LogP contribution in [0.2, 0.25) is 0 Å². The van der Waals surface area contributed by atoms with E-state index in [1.807, 2.05) is 49.0 Å². The molecule has 0 aliphatic carbocycles. The molecule has 0 saturated heterocycles. The summed E-state index contributed by atoms with van der Waals surface area (Å²) in [7, 11) is 0. The van der Waals surface area contributed by atoms with E-state index >= 15 is 0 Å². The van der Waals surface area contributed by atoms with Crippen LogP contribution >= 0.6 is 0 Å². The molecule has 0 aromatic heterocycles. The van der Waals surface area contributed by atoms with Crippen LogP contribution in [-0.4, -0.2) is 4.90 Å². The SMILES string of the molecule is N#CC1=CC(C2C=CNC=C2)C=CN1C#N. The summed E-state index contributed by atoms with van der Waals surface area (Å²) in [4.78, 5) is 1.27. The van der Waals surface area contributed by atoms with E-state index in [2.05, 4.69) is 5.32 Å². The van der Waals surface area contributed by atoms with Crippen LogP contribution in [0, 0.1) is 34.6 Å². The molecule has 4 heteroatoms. The molecule has 0 aromatic rings. The number of hydrogen-bond donors (Lipinski definition) is 1. The summed E-state index contributed by atoms with van der Waals surface area (Å²) in [6.07, 6.45) is 15.1. The lowest BCUT2D eigenvalue weighted by Crippen LogP contribution is -2.19. The first-order chi connectivity index (χ1) is 7.85. The molecular weight excluding hydrogens is 200 g/mol. The van der Waals surface area contributed by atoms with E-state index in [-0.39, 0.29) is 11.8 Å². The van der Waals surface area contributed by atoms with E-state index in [4.69, 9.17) is 10.5 Å². The molecule has 2 rings (SSSR count). The molecule has 0 fully saturated rings. The van der Waals surface area contributed by atoms with Crippen molar-refractivity contribution in [1.82, 2.24) is 10.2 Å². The molecular formula is C12H10N4. The topological polar surface area (TPSA) is 62.9 Å². The first-order valence-corrected chi connectivity index (χ1v) is 4.94. The van der Waals surface area contributed by atoms with Crippen LogP contribution in [0.15, 0.2) is 48.6 Å². The van der Waals surface area contributed by atoms with E-state index in [0.29, 0.717) is 5.70 Å². The second-order valence-electron chi connectivity index (χ2n) is 3.51. The molecule has 2 aliphatic rings. The van der Waals surface area contributed by atoms with Crippen LogP contribution in [0.5, 0.6) is 0 Å². The first-order valence-electron chi connectivity index (χ1n) is 4.94. The molecule has 0 bridgehead atoms. The molecule has 1 atom stereocenters. The molecule has 2 aliphatic heterocycles. The second-order valence-corrected chi connectivity index (χ2v) is 3.51. The summed E-state index contributed by atoms with van der Waals surface area (Å²) >= 11 is 0. The summed E-state index contributed by atoms with van der Waals surface area (Å²) in [5.74, 6) is 0.371. The molecule has 0 radical (unpaired) electrons. The van der Waals surface area contributed by atoms with Gasteiger partial charge in [0.1, 0.15) is 11.8 Å². The number of nitrogens with zero attached hydrogens (tertiary/aromatic N) is 3. The van der Waals surface area contributed by atoms with E-state index in [0.717, 1.165) is 0 Å². The van der Waals surface area contributed by atoms with Gasteiger partial charge >= 0.3 is 0 Å². The summed E-state index contributed by atoms with van der Waals surface area (Å²) in [6, 6.07) is 2.02. The maximum atomic E-state index is 8.92. The Hall–Kier alpha value is -2.46. The third-order valence-corrected chi connectivity index (χ3v) is 2.56. The predicted octanol–water partition coefficient (Wildman–Crippen LogP) is 1.57. The number of allylic oxidation sites excluding steroid dienone is 5. The Morgan fingerprint density at radius 1 is 1.12 bits per heavy atom. The molecule has 0 saturated carbocycles. The lowest BCUT2D eigenvalue weighted by Gasteiger charge is -2.23. The third kappa shape index (κ3) is 1.82. The fourth-order valence-corrected chi connectivity index (χ4v) is 1.71. The first kappa shape index (κ1) is 10.1. The van der Waals surface area contributed by atoms with Crippen molar-refractivity contribution >= 4 is 0 Å². The van der Waals surface area contributed by atoms with E-state index in [1.54, 1.807) is 6.20 Å². The lowest BCUT2D eigenvalue weighted by atomic mass is 9.89. The van der Waals surface area contributed by atoms with Gasteiger partial charge in [-0.3, -0.25) is 0 Å². The maximum absolute atomic E-state index is 8.92. The number of nitrogens with one attached hydrogen (secondary N) is 1. The van der Waals surface area contributed by atoms with Crippen molar-refractivity contribution in [2.75, 3.05) is 0 Å². The van der Waals surface area contributed by atoms with Crippen LogP contribution in [0.25, 0.3) is 0 Å². The highest BCUT2D eigenvalue weighted by Gasteiger charge is 2.20. The quantitative estimate of drug-likeness (QED) is 0.667. The zero-order chi connectivity index (χ0) is 11.4. The van der Waals surface area contributed by atoms with Gasteiger partial charge in [-0.2, -0.15) is 10.5 Å². The van der Waals surface area contributed by atoms with Crippen molar-refractivity contribution in [3.63, 3.8) is 0 Å². The minimum absolute atomic E-state index is 0.133. The summed E-state index contributed by atoms with van der Waals surface area (Å²) in [5.41, 5.74) is 0.385. The van der Waals surface area contributed by atoms with Gasteiger partial charge in [-0.15, -0.1) is 0 Å². The Bertz CT molecular complexity index is 458. The normalized spacial score (nSPS) is 23.2. The molecule has 2 heterocycles. The summed E-state index contributed by atoms with van der Waals surface area (Å²) < 4.78 is 0. The smallest absolute Gasteiger partial charge is 0.189 e. The van der Waals surface area contributed by atoms with Gasteiger partial charge in [0, 0.05) is 18.0 Å². The van der Waals surface area contributed by atoms with Gasteiger partial charge < -0.3 is 5.32 Å². The van der Waals surface area contributed by atoms with Crippen LogP contribution < -0.4 is 5.32 Å². The number of hydrogen-bond acceptors (Lipinski definition) is 4. The Balaban J connectivity index is 2.21.